The van der Waals surface area contributed by atoms with E-state index in [9.17, 15) is 4.79 Å². The van der Waals surface area contributed by atoms with Gasteiger partial charge in [0.2, 0.25) is 0 Å². The molecule has 0 aromatic heterocycles. The van der Waals surface area contributed by atoms with E-state index in [4.69, 9.17) is 9.47 Å². The molecule has 0 unspecified atom stereocenters. The molecule has 0 heterocycles. The zero-order chi connectivity index (χ0) is 19.8. The van der Waals surface area contributed by atoms with Gasteiger partial charge in [-0.2, -0.15) is 5.10 Å². The Hall–Kier alpha value is -3.12. The van der Waals surface area contributed by atoms with Crippen LogP contribution >= 0.6 is 15.9 Å². The van der Waals surface area contributed by atoms with Crippen LogP contribution in [0.15, 0.2) is 82.4 Å². The third-order valence-electron chi connectivity index (χ3n) is 3.88. The predicted octanol–water partition coefficient (Wildman–Crippen LogP) is 4.80. The van der Waals surface area contributed by atoms with Crippen molar-refractivity contribution >= 4 is 28.1 Å². The summed E-state index contributed by atoms with van der Waals surface area (Å²) in [6.07, 6.45) is 1.57. The van der Waals surface area contributed by atoms with E-state index in [1.54, 1.807) is 37.6 Å². The fraction of sp³-hybridized carbons (Fsp3) is 0.0909. The van der Waals surface area contributed by atoms with E-state index >= 15 is 0 Å². The van der Waals surface area contributed by atoms with E-state index in [0.717, 1.165) is 21.3 Å². The molecule has 0 spiro atoms. The van der Waals surface area contributed by atoms with Crippen molar-refractivity contribution in [3.8, 4) is 11.5 Å². The van der Waals surface area contributed by atoms with Gasteiger partial charge >= 0.3 is 0 Å². The first-order valence-corrected chi connectivity index (χ1v) is 9.38. The minimum Gasteiger partial charge on any atom is -0.497 e. The Morgan fingerprint density at radius 2 is 1.82 bits per heavy atom. The number of nitrogens with zero attached hydrogens (tertiary/aromatic N) is 1. The van der Waals surface area contributed by atoms with Crippen LogP contribution in [-0.2, 0) is 6.61 Å². The lowest BCUT2D eigenvalue weighted by molar-refractivity contribution is 0.0955. The van der Waals surface area contributed by atoms with Gasteiger partial charge in [-0.15, -0.1) is 0 Å². The summed E-state index contributed by atoms with van der Waals surface area (Å²) in [6, 6.07) is 22.2. The number of halogens is 1. The summed E-state index contributed by atoms with van der Waals surface area (Å²) in [6.45, 7) is 0.454. The molecule has 0 radical (unpaired) electrons. The Bertz CT molecular complexity index is 972. The average molecular weight is 439 g/mol. The molecule has 0 fully saturated rings. The molecule has 1 amide bonds. The topological polar surface area (TPSA) is 59.9 Å². The molecule has 3 rings (SSSR count). The molecule has 3 aromatic rings. The second-order valence-electron chi connectivity index (χ2n) is 5.92. The number of nitrogens with one attached hydrogen (secondary N) is 1. The number of hydrazone groups is 1. The van der Waals surface area contributed by atoms with Gasteiger partial charge in [0, 0.05) is 10.0 Å². The molecule has 142 valence electrons. The lowest BCUT2D eigenvalue weighted by Gasteiger charge is -2.07. The second kappa shape index (κ2) is 9.71. The van der Waals surface area contributed by atoms with Gasteiger partial charge in [0.15, 0.2) is 0 Å². The first-order chi connectivity index (χ1) is 13.6. The summed E-state index contributed by atoms with van der Waals surface area (Å²) in [5, 5.41) is 3.98. The molecule has 3 aromatic carbocycles. The second-order valence-corrected chi connectivity index (χ2v) is 6.83. The van der Waals surface area contributed by atoms with Crippen molar-refractivity contribution in [3.05, 3.63) is 94.0 Å². The van der Waals surface area contributed by atoms with Gasteiger partial charge < -0.3 is 9.47 Å². The summed E-state index contributed by atoms with van der Waals surface area (Å²) >= 11 is 3.44. The number of carbonyl (C=O) groups is 1. The molecule has 0 saturated heterocycles. The summed E-state index contributed by atoms with van der Waals surface area (Å²) < 4.78 is 11.9. The molecule has 0 aliphatic heterocycles. The van der Waals surface area contributed by atoms with Crippen LogP contribution in [0.5, 0.6) is 11.5 Å². The number of amides is 1. The Morgan fingerprint density at radius 3 is 2.57 bits per heavy atom. The highest BCUT2D eigenvalue weighted by Gasteiger charge is 2.05. The van der Waals surface area contributed by atoms with Crippen molar-refractivity contribution in [3.63, 3.8) is 0 Å². The third kappa shape index (κ3) is 5.69. The van der Waals surface area contributed by atoms with Crippen molar-refractivity contribution in [2.75, 3.05) is 7.11 Å². The van der Waals surface area contributed by atoms with Gasteiger partial charge in [0.05, 0.1) is 13.3 Å². The molecular formula is C22H19BrN2O3. The summed E-state index contributed by atoms with van der Waals surface area (Å²) in [7, 11) is 1.60. The average Bonchev–Trinajstić information content (AvgIpc) is 2.73. The molecule has 0 aliphatic rings. The van der Waals surface area contributed by atoms with Crippen LogP contribution in [0.25, 0.3) is 0 Å². The minimum absolute atomic E-state index is 0.294. The first-order valence-electron chi connectivity index (χ1n) is 8.59. The Kier molecular flexibility index (Phi) is 6.81. The van der Waals surface area contributed by atoms with Crippen LogP contribution in [0, 0.1) is 0 Å². The van der Waals surface area contributed by atoms with Crippen LogP contribution in [0.1, 0.15) is 21.5 Å². The monoisotopic (exact) mass is 438 g/mol. The highest BCUT2D eigenvalue weighted by Crippen LogP contribution is 2.17. The maximum Gasteiger partial charge on any atom is 0.271 e. The predicted molar refractivity (Wildman–Crippen MR) is 113 cm³/mol. The summed E-state index contributed by atoms with van der Waals surface area (Å²) in [5.74, 6) is 1.13. The van der Waals surface area contributed by atoms with E-state index in [-0.39, 0.29) is 5.91 Å². The van der Waals surface area contributed by atoms with E-state index in [1.165, 1.54) is 0 Å². The highest BCUT2D eigenvalue weighted by atomic mass is 79.9. The summed E-state index contributed by atoms with van der Waals surface area (Å²) in [5.41, 5.74) is 4.90. The van der Waals surface area contributed by atoms with Gasteiger partial charge in [0.25, 0.3) is 5.91 Å². The van der Waals surface area contributed by atoms with Crippen molar-refractivity contribution in [2.24, 2.45) is 5.10 Å². The zero-order valence-electron chi connectivity index (χ0n) is 15.3. The normalized spacial score (nSPS) is 10.6. The molecule has 5 nitrogen and oxygen atoms in total. The number of hydrogen-bond acceptors (Lipinski definition) is 4. The van der Waals surface area contributed by atoms with Crippen molar-refractivity contribution in [1.29, 1.82) is 0 Å². The van der Waals surface area contributed by atoms with E-state index in [1.807, 2.05) is 48.5 Å². The Labute approximate surface area is 172 Å². The maximum atomic E-state index is 12.2. The fourth-order valence-corrected chi connectivity index (χ4v) is 2.89. The molecule has 0 aliphatic carbocycles. The van der Waals surface area contributed by atoms with Crippen LogP contribution in [-0.4, -0.2) is 19.2 Å². The Balaban J connectivity index is 1.53. The van der Waals surface area contributed by atoms with Crippen molar-refractivity contribution in [1.82, 2.24) is 5.43 Å². The number of ether oxygens (including phenoxy) is 2. The molecule has 0 atom stereocenters. The molecule has 0 saturated carbocycles. The molecule has 0 bridgehead atoms. The van der Waals surface area contributed by atoms with Crippen LogP contribution < -0.4 is 14.9 Å². The van der Waals surface area contributed by atoms with Gasteiger partial charge in [-0.05, 0) is 59.7 Å². The lowest BCUT2D eigenvalue weighted by Crippen LogP contribution is -2.17. The van der Waals surface area contributed by atoms with Crippen molar-refractivity contribution in [2.45, 2.75) is 6.61 Å². The quantitative estimate of drug-likeness (QED) is 0.425. The minimum atomic E-state index is -0.294. The number of carbonyl (C=O) groups excluding carboxylic acids is 1. The molecule has 1 N–H and O–H groups in total. The highest BCUT2D eigenvalue weighted by molar-refractivity contribution is 9.10. The molecule has 28 heavy (non-hydrogen) atoms. The number of benzene rings is 3. The molecular weight excluding hydrogens is 420 g/mol. The zero-order valence-corrected chi connectivity index (χ0v) is 16.8. The summed E-state index contributed by atoms with van der Waals surface area (Å²) in [4.78, 5) is 12.2. The van der Waals surface area contributed by atoms with Gasteiger partial charge in [0.1, 0.15) is 18.1 Å². The largest absolute Gasteiger partial charge is 0.497 e. The number of hydrogen-bond donors (Lipinski definition) is 1. The SMILES string of the molecule is COc1cccc(/C=N\NC(=O)c2ccc(OCc3cccc(Br)c3)cc2)c1. The van der Waals surface area contributed by atoms with E-state index in [2.05, 4.69) is 26.5 Å². The van der Waals surface area contributed by atoms with Crippen LogP contribution in [0.2, 0.25) is 0 Å². The van der Waals surface area contributed by atoms with Crippen molar-refractivity contribution < 1.29 is 14.3 Å². The fourth-order valence-electron chi connectivity index (χ4n) is 2.45. The number of rotatable bonds is 7. The third-order valence-corrected chi connectivity index (χ3v) is 4.38. The standard InChI is InChI=1S/C22H19BrN2O3/c1-27-21-7-3-4-16(13-21)14-24-25-22(26)18-8-10-20(11-9-18)28-15-17-5-2-6-19(23)12-17/h2-14H,15H2,1H3,(H,25,26)/b24-14-. The van der Waals surface area contributed by atoms with Gasteiger partial charge in [-0.25, -0.2) is 5.43 Å². The lowest BCUT2D eigenvalue weighted by atomic mass is 10.2. The van der Waals surface area contributed by atoms with E-state index in [0.29, 0.717) is 17.9 Å². The number of methoxy groups -OCH3 is 1. The van der Waals surface area contributed by atoms with E-state index < -0.39 is 0 Å². The smallest absolute Gasteiger partial charge is 0.271 e. The van der Waals surface area contributed by atoms with Crippen LogP contribution in [0.4, 0.5) is 0 Å². The Morgan fingerprint density at radius 1 is 1.04 bits per heavy atom. The van der Waals surface area contributed by atoms with Crippen LogP contribution in [0.3, 0.4) is 0 Å². The van der Waals surface area contributed by atoms with Gasteiger partial charge in [-0.1, -0.05) is 40.2 Å². The first kappa shape index (κ1) is 19.6. The van der Waals surface area contributed by atoms with Gasteiger partial charge in [-0.3, -0.25) is 4.79 Å². The molecule has 6 heteroatoms. The maximum absolute atomic E-state index is 12.2.